The number of alkyl halides is 3. The normalized spacial score (nSPS) is 11.4. The Morgan fingerprint density at radius 3 is 2.53 bits per heavy atom. The first kappa shape index (κ1) is 13.5. The van der Waals surface area contributed by atoms with E-state index in [0.29, 0.717) is 0 Å². The quantitative estimate of drug-likeness (QED) is 0.845. The zero-order valence-electron chi connectivity index (χ0n) is 9.41. The largest absolute Gasteiger partial charge is 0.455 e. The fourth-order valence-electron chi connectivity index (χ4n) is 1.43. The van der Waals surface area contributed by atoms with Crippen molar-refractivity contribution in [2.24, 2.45) is 0 Å². The summed E-state index contributed by atoms with van der Waals surface area (Å²) in [6.07, 6.45) is -1.94. The molecule has 2 aromatic rings. The van der Waals surface area contributed by atoms with Crippen LogP contribution in [0.15, 0.2) is 36.7 Å². The molecule has 0 fully saturated rings. The standard InChI is InChI=1S/C12H8ClF3N2O/c13-7-3-9(6-18-5-7)19-11-2-1-8(17)4-10(11)12(14,15)16/h1-6H,17H2. The number of nitrogen functional groups attached to an aromatic ring is 1. The van der Waals surface area contributed by atoms with E-state index in [-0.39, 0.29) is 22.2 Å². The van der Waals surface area contributed by atoms with Crippen molar-refractivity contribution in [3.63, 3.8) is 0 Å². The molecule has 7 heteroatoms. The third-order valence-corrected chi connectivity index (χ3v) is 2.42. The van der Waals surface area contributed by atoms with Gasteiger partial charge in [-0.3, -0.25) is 4.98 Å². The molecule has 0 radical (unpaired) electrons. The maximum atomic E-state index is 12.8. The fraction of sp³-hybridized carbons (Fsp3) is 0.0833. The number of benzene rings is 1. The smallest absolute Gasteiger partial charge is 0.420 e. The number of pyridine rings is 1. The number of hydrogen-bond acceptors (Lipinski definition) is 3. The minimum atomic E-state index is -4.56. The summed E-state index contributed by atoms with van der Waals surface area (Å²) in [4.78, 5) is 3.73. The van der Waals surface area contributed by atoms with Crippen molar-refractivity contribution in [2.75, 3.05) is 5.73 Å². The molecule has 2 N–H and O–H groups in total. The van der Waals surface area contributed by atoms with Gasteiger partial charge in [-0.05, 0) is 18.2 Å². The van der Waals surface area contributed by atoms with Crippen LogP contribution in [0.1, 0.15) is 5.56 Å². The highest BCUT2D eigenvalue weighted by atomic mass is 35.5. The van der Waals surface area contributed by atoms with Gasteiger partial charge in [0.2, 0.25) is 0 Å². The van der Waals surface area contributed by atoms with Gasteiger partial charge in [0.25, 0.3) is 0 Å². The summed E-state index contributed by atoms with van der Waals surface area (Å²) in [7, 11) is 0. The molecule has 0 spiro atoms. The molecule has 0 saturated heterocycles. The van der Waals surface area contributed by atoms with Crippen molar-refractivity contribution in [1.82, 2.24) is 4.98 Å². The van der Waals surface area contributed by atoms with Crippen LogP contribution in [0.5, 0.6) is 11.5 Å². The van der Waals surface area contributed by atoms with Crippen LogP contribution in [-0.4, -0.2) is 4.98 Å². The van der Waals surface area contributed by atoms with Crippen molar-refractivity contribution in [2.45, 2.75) is 6.18 Å². The lowest BCUT2D eigenvalue weighted by Crippen LogP contribution is -2.08. The monoisotopic (exact) mass is 288 g/mol. The average Bonchev–Trinajstić information content (AvgIpc) is 2.30. The Labute approximate surface area is 111 Å². The highest BCUT2D eigenvalue weighted by molar-refractivity contribution is 6.30. The Morgan fingerprint density at radius 1 is 1.16 bits per heavy atom. The topological polar surface area (TPSA) is 48.1 Å². The summed E-state index contributed by atoms with van der Waals surface area (Å²) in [6.45, 7) is 0. The van der Waals surface area contributed by atoms with Crippen LogP contribution in [0, 0.1) is 0 Å². The molecule has 1 heterocycles. The molecular weight excluding hydrogens is 281 g/mol. The summed E-state index contributed by atoms with van der Waals surface area (Å²) < 4.78 is 43.6. The summed E-state index contributed by atoms with van der Waals surface area (Å²) in [6, 6.07) is 4.65. The Morgan fingerprint density at radius 2 is 1.89 bits per heavy atom. The van der Waals surface area contributed by atoms with E-state index in [1.165, 1.54) is 24.5 Å². The molecule has 0 aliphatic heterocycles. The molecule has 3 nitrogen and oxygen atoms in total. The predicted octanol–water partition coefficient (Wildman–Crippen LogP) is 4.13. The molecular formula is C12H8ClF3N2O. The van der Waals surface area contributed by atoms with E-state index in [4.69, 9.17) is 22.1 Å². The number of nitrogens with zero attached hydrogens (tertiary/aromatic N) is 1. The van der Waals surface area contributed by atoms with E-state index >= 15 is 0 Å². The number of rotatable bonds is 2. The van der Waals surface area contributed by atoms with Gasteiger partial charge in [-0.2, -0.15) is 13.2 Å². The lowest BCUT2D eigenvalue weighted by atomic mass is 10.1. The van der Waals surface area contributed by atoms with Gasteiger partial charge in [0, 0.05) is 18.0 Å². The Hall–Kier alpha value is -1.95. The molecule has 1 aromatic heterocycles. The molecule has 0 aliphatic rings. The summed E-state index contributed by atoms with van der Waals surface area (Å²) in [5.41, 5.74) is 4.40. The van der Waals surface area contributed by atoms with Gasteiger partial charge in [0.05, 0.1) is 11.2 Å². The van der Waals surface area contributed by atoms with E-state index in [9.17, 15) is 13.2 Å². The number of halogens is 4. The molecule has 0 saturated carbocycles. The molecule has 0 bridgehead atoms. The average molecular weight is 289 g/mol. The summed E-state index contributed by atoms with van der Waals surface area (Å²) in [5, 5.41) is 0.265. The van der Waals surface area contributed by atoms with Crippen LogP contribution in [0.2, 0.25) is 5.02 Å². The number of ether oxygens (including phenoxy) is 1. The van der Waals surface area contributed by atoms with E-state index in [2.05, 4.69) is 4.98 Å². The zero-order chi connectivity index (χ0) is 14.0. The summed E-state index contributed by atoms with van der Waals surface area (Å²) >= 11 is 5.68. The lowest BCUT2D eigenvalue weighted by Gasteiger charge is -2.14. The molecule has 100 valence electrons. The highest BCUT2D eigenvalue weighted by Crippen LogP contribution is 2.39. The van der Waals surface area contributed by atoms with Crippen LogP contribution in [0.25, 0.3) is 0 Å². The number of anilines is 1. The van der Waals surface area contributed by atoms with Crippen LogP contribution in [-0.2, 0) is 6.18 Å². The maximum absolute atomic E-state index is 12.8. The second kappa shape index (κ2) is 4.97. The van der Waals surface area contributed by atoms with Crippen molar-refractivity contribution < 1.29 is 17.9 Å². The lowest BCUT2D eigenvalue weighted by molar-refractivity contribution is -0.138. The second-order valence-electron chi connectivity index (χ2n) is 3.69. The van der Waals surface area contributed by atoms with Gasteiger partial charge in [0.15, 0.2) is 0 Å². The van der Waals surface area contributed by atoms with Crippen molar-refractivity contribution >= 4 is 17.3 Å². The molecule has 19 heavy (non-hydrogen) atoms. The highest BCUT2D eigenvalue weighted by Gasteiger charge is 2.34. The van der Waals surface area contributed by atoms with Gasteiger partial charge in [-0.1, -0.05) is 11.6 Å². The Balaban J connectivity index is 2.40. The molecule has 1 aromatic carbocycles. The number of nitrogens with two attached hydrogens (primary N) is 1. The molecule has 0 amide bonds. The van der Waals surface area contributed by atoms with Crippen LogP contribution in [0.4, 0.5) is 18.9 Å². The van der Waals surface area contributed by atoms with Gasteiger partial charge in [-0.15, -0.1) is 0 Å². The zero-order valence-corrected chi connectivity index (χ0v) is 10.2. The van der Waals surface area contributed by atoms with Crippen LogP contribution < -0.4 is 10.5 Å². The molecule has 0 atom stereocenters. The van der Waals surface area contributed by atoms with Gasteiger partial charge < -0.3 is 10.5 Å². The minimum absolute atomic E-state index is 0.00361. The van der Waals surface area contributed by atoms with Gasteiger partial charge in [-0.25, -0.2) is 0 Å². The predicted molar refractivity (Wildman–Crippen MR) is 65.2 cm³/mol. The first-order valence-corrected chi connectivity index (χ1v) is 5.49. The minimum Gasteiger partial charge on any atom is -0.455 e. The van der Waals surface area contributed by atoms with Crippen LogP contribution >= 0.6 is 11.6 Å². The van der Waals surface area contributed by atoms with E-state index in [0.717, 1.165) is 12.1 Å². The van der Waals surface area contributed by atoms with Crippen molar-refractivity contribution in [3.05, 3.63) is 47.2 Å². The fourth-order valence-corrected chi connectivity index (χ4v) is 1.60. The molecule has 0 unspecified atom stereocenters. The Kier molecular flexibility index (Phi) is 3.53. The number of aromatic nitrogens is 1. The summed E-state index contributed by atoms with van der Waals surface area (Å²) in [5.74, 6) is -0.242. The van der Waals surface area contributed by atoms with Gasteiger partial charge in [0.1, 0.15) is 17.1 Å². The first-order valence-electron chi connectivity index (χ1n) is 5.11. The molecule has 0 aliphatic carbocycles. The van der Waals surface area contributed by atoms with Crippen molar-refractivity contribution in [1.29, 1.82) is 0 Å². The van der Waals surface area contributed by atoms with E-state index in [1.54, 1.807) is 0 Å². The Bertz CT molecular complexity index is 602. The van der Waals surface area contributed by atoms with E-state index < -0.39 is 11.7 Å². The molecule has 2 rings (SSSR count). The first-order chi connectivity index (χ1) is 8.86. The van der Waals surface area contributed by atoms with Crippen molar-refractivity contribution in [3.8, 4) is 11.5 Å². The number of hydrogen-bond donors (Lipinski definition) is 1. The van der Waals surface area contributed by atoms with Gasteiger partial charge >= 0.3 is 6.18 Å². The third-order valence-electron chi connectivity index (χ3n) is 2.22. The SMILES string of the molecule is Nc1ccc(Oc2cncc(Cl)c2)c(C(F)(F)F)c1. The maximum Gasteiger partial charge on any atom is 0.420 e. The van der Waals surface area contributed by atoms with E-state index in [1.807, 2.05) is 0 Å². The third kappa shape index (κ3) is 3.29. The van der Waals surface area contributed by atoms with Crippen LogP contribution in [0.3, 0.4) is 0 Å². The second-order valence-corrected chi connectivity index (χ2v) is 4.13.